The normalized spacial score (nSPS) is 10.3. The number of ketones is 1. The van der Waals surface area contributed by atoms with Crippen molar-refractivity contribution < 1.29 is 19.1 Å². The third-order valence-electron chi connectivity index (χ3n) is 3.27. The van der Waals surface area contributed by atoms with Gasteiger partial charge in [0.1, 0.15) is 5.75 Å². The number of rotatable bonds is 8. The van der Waals surface area contributed by atoms with E-state index in [-0.39, 0.29) is 18.2 Å². The van der Waals surface area contributed by atoms with Crippen LogP contribution in [0.3, 0.4) is 0 Å². The van der Waals surface area contributed by atoms with E-state index in [1.165, 1.54) is 7.11 Å². The summed E-state index contributed by atoms with van der Waals surface area (Å²) in [6, 6.07) is 3.80. The number of carbonyl (C=O) groups is 2. The molecule has 0 radical (unpaired) electrons. The van der Waals surface area contributed by atoms with Crippen LogP contribution in [-0.2, 0) is 9.53 Å². The number of methoxy groups -OCH3 is 1. The Morgan fingerprint density at radius 3 is 2.24 bits per heavy atom. The summed E-state index contributed by atoms with van der Waals surface area (Å²) in [7, 11) is 1.35. The van der Waals surface area contributed by atoms with Gasteiger partial charge in [0.2, 0.25) is 0 Å². The smallest absolute Gasteiger partial charge is 0.305 e. The van der Waals surface area contributed by atoms with Gasteiger partial charge in [-0.15, -0.1) is 0 Å². The van der Waals surface area contributed by atoms with E-state index in [0.29, 0.717) is 19.4 Å². The summed E-state index contributed by atoms with van der Waals surface area (Å²) >= 11 is 0. The zero-order valence-corrected chi connectivity index (χ0v) is 13.3. The Balaban J connectivity index is 2.73. The summed E-state index contributed by atoms with van der Waals surface area (Å²) in [4.78, 5) is 23.3. The fraction of sp³-hybridized carbons (Fsp3) is 0.529. The van der Waals surface area contributed by atoms with Crippen LogP contribution in [0.4, 0.5) is 0 Å². The zero-order chi connectivity index (χ0) is 15.8. The van der Waals surface area contributed by atoms with Crippen LogP contribution in [0, 0.1) is 13.8 Å². The van der Waals surface area contributed by atoms with E-state index in [1.807, 2.05) is 26.0 Å². The second kappa shape index (κ2) is 8.45. The van der Waals surface area contributed by atoms with E-state index < -0.39 is 0 Å². The molecule has 116 valence electrons. The number of hydrogen-bond acceptors (Lipinski definition) is 4. The van der Waals surface area contributed by atoms with Gasteiger partial charge in [0.25, 0.3) is 0 Å². The molecule has 0 N–H and O–H groups in total. The highest BCUT2D eigenvalue weighted by Gasteiger charge is 2.14. The zero-order valence-electron chi connectivity index (χ0n) is 13.3. The second-order valence-electron chi connectivity index (χ2n) is 5.13. The molecule has 0 bridgehead atoms. The van der Waals surface area contributed by atoms with E-state index in [0.717, 1.165) is 28.9 Å². The largest absolute Gasteiger partial charge is 0.494 e. The van der Waals surface area contributed by atoms with Crippen LogP contribution < -0.4 is 4.74 Å². The lowest BCUT2D eigenvalue weighted by atomic mass is 9.96. The molecule has 0 atom stereocenters. The molecule has 0 saturated heterocycles. The minimum atomic E-state index is -0.278. The lowest BCUT2D eigenvalue weighted by Gasteiger charge is -2.12. The summed E-state index contributed by atoms with van der Waals surface area (Å²) in [5, 5.41) is 0. The summed E-state index contributed by atoms with van der Waals surface area (Å²) in [6.45, 7) is 6.56. The first-order valence-electron chi connectivity index (χ1n) is 7.33. The van der Waals surface area contributed by atoms with Gasteiger partial charge in [0.05, 0.1) is 13.7 Å². The summed E-state index contributed by atoms with van der Waals surface area (Å²) < 4.78 is 10.2. The van der Waals surface area contributed by atoms with E-state index in [4.69, 9.17) is 4.74 Å². The third-order valence-corrected chi connectivity index (χ3v) is 3.27. The highest BCUT2D eigenvalue weighted by molar-refractivity contribution is 5.99. The number of benzene rings is 1. The summed E-state index contributed by atoms with van der Waals surface area (Å²) in [5.74, 6) is 0.591. The molecule has 1 aromatic carbocycles. The van der Waals surface area contributed by atoms with Gasteiger partial charge in [-0.1, -0.05) is 6.92 Å². The summed E-state index contributed by atoms with van der Waals surface area (Å²) in [6.07, 6.45) is 2.09. The number of Topliss-reactive ketones (excluding diaryl/α,β-unsaturated/α-hetero) is 1. The van der Waals surface area contributed by atoms with Crippen molar-refractivity contribution in [1.29, 1.82) is 0 Å². The highest BCUT2D eigenvalue weighted by Crippen LogP contribution is 2.24. The van der Waals surface area contributed by atoms with Crippen molar-refractivity contribution in [2.75, 3.05) is 13.7 Å². The fourth-order valence-electron chi connectivity index (χ4n) is 2.29. The molecule has 4 nitrogen and oxygen atoms in total. The molecule has 0 saturated carbocycles. The van der Waals surface area contributed by atoms with Crippen LogP contribution in [0.5, 0.6) is 5.75 Å². The molecule has 0 aliphatic carbocycles. The van der Waals surface area contributed by atoms with Gasteiger partial charge in [-0.3, -0.25) is 9.59 Å². The maximum atomic E-state index is 12.3. The van der Waals surface area contributed by atoms with Crippen molar-refractivity contribution in [1.82, 2.24) is 0 Å². The minimum Gasteiger partial charge on any atom is -0.494 e. The molecule has 0 amide bonds. The number of esters is 1. The maximum absolute atomic E-state index is 12.3. The Hall–Kier alpha value is -1.84. The topological polar surface area (TPSA) is 52.6 Å². The SMILES string of the molecule is CCCOc1cc(C)c(C(=O)CCCC(=O)OC)c(C)c1. The molecule has 0 unspecified atom stereocenters. The average molecular weight is 292 g/mol. The van der Waals surface area contributed by atoms with Crippen molar-refractivity contribution in [2.45, 2.75) is 46.5 Å². The molecule has 1 aromatic rings. The van der Waals surface area contributed by atoms with Crippen molar-refractivity contribution in [3.63, 3.8) is 0 Å². The minimum absolute atomic E-state index is 0.0657. The Kier molecular flexibility index (Phi) is 6.92. The van der Waals surface area contributed by atoms with E-state index in [9.17, 15) is 9.59 Å². The lowest BCUT2D eigenvalue weighted by Crippen LogP contribution is -2.07. The molecule has 0 spiro atoms. The molecule has 0 heterocycles. The molecule has 0 fully saturated rings. The van der Waals surface area contributed by atoms with Gasteiger partial charge in [0, 0.05) is 18.4 Å². The van der Waals surface area contributed by atoms with Crippen molar-refractivity contribution in [3.8, 4) is 5.75 Å². The first-order valence-corrected chi connectivity index (χ1v) is 7.33. The predicted octanol–water partition coefficient (Wildman–Crippen LogP) is 3.62. The van der Waals surface area contributed by atoms with E-state index in [1.54, 1.807) is 0 Å². The lowest BCUT2D eigenvalue weighted by molar-refractivity contribution is -0.140. The van der Waals surface area contributed by atoms with Crippen molar-refractivity contribution in [3.05, 3.63) is 28.8 Å². The Bertz CT molecular complexity index is 483. The highest BCUT2D eigenvalue weighted by atomic mass is 16.5. The quantitative estimate of drug-likeness (QED) is 0.542. The van der Waals surface area contributed by atoms with E-state index >= 15 is 0 Å². The van der Waals surface area contributed by atoms with Crippen molar-refractivity contribution in [2.24, 2.45) is 0 Å². The van der Waals surface area contributed by atoms with Crippen LogP contribution in [-0.4, -0.2) is 25.5 Å². The first-order chi connectivity index (χ1) is 9.99. The van der Waals surface area contributed by atoms with Gasteiger partial charge < -0.3 is 9.47 Å². The molecular formula is C17H24O4. The molecule has 1 rings (SSSR count). The molecular weight excluding hydrogens is 268 g/mol. The van der Waals surface area contributed by atoms with Crippen LogP contribution in [0.25, 0.3) is 0 Å². The molecule has 21 heavy (non-hydrogen) atoms. The van der Waals surface area contributed by atoms with Gasteiger partial charge in [-0.2, -0.15) is 0 Å². The standard InChI is InChI=1S/C17H24O4/c1-5-9-21-14-10-12(2)17(13(3)11-14)15(18)7-6-8-16(19)20-4/h10-11H,5-9H2,1-4H3. The maximum Gasteiger partial charge on any atom is 0.305 e. The fourth-order valence-corrected chi connectivity index (χ4v) is 2.29. The molecule has 0 aliphatic heterocycles. The van der Waals surface area contributed by atoms with E-state index in [2.05, 4.69) is 11.7 Å². The first kappa shape index (κ1) is 17.2. The predicted molar refractivity (Wildman–Crippen MR) is 81.9 cm³/mol. The molecule has 4 heteroatoms. The summed E-state index contributed by atoms with van der Waals surface area (Å²) in [5.41, 5.74) is 2.58. The Morgan fingerprint density at radius 2 is 1.71 bits per heavy atom. The second-order valence-corrected chi connectivity index (χ2v) is 5.13. The Labute approximate surface area is 126 Å². The number of carbonyl (C=O) groups excluding carboxylic acids is 2. The van der Waals surface area contributed by atoms with Gasteiger partial charge in [-0.25, -0.2) is 0 Å². The Morgan fingerprint density at radius 1 is 1.10 bits per heavy atom. The third kappa shape index (κ3) is 5.21. The van der Waals surface area contributed by atoms with Crippen LogP contribution >= 0.6 is 0 Å². The number of hydrogen-bond donors (Lipinski definition) is 0. The average Bonchev–Trinajstić information content (AvgIpc) is 2.44. The van der Waals surface area contributed by atoms with Gasteiger partial charge in [-0.05, 0) is 49.9 Å². The van der Waals surface area contributed by atoms with Crippen LogP contribution in [0.2, 0.25) is 0 Å². The molecule has 0 aromatic heterocycles. The number of aryl methyl sites for hydroxylation is 2. The van der Waals surface area contributed by atoms with Gasteiger partial charge in [0.15, 0.2) is 5.78 Å². The number of ether oxygens (including phenoxy) is 2. The monoisotopic (exact) mass is 292 g/mol. The molecule has 0 aliphatic rings. The van der Waals surface area contributed by atoms with Crippen LogP contribution in [0.1, 0.15) is 54.1 Å². The van der Waals surface area contributed by atoms with Crippen molar-refractivity contribution >= 4 is 11.8 Å². The van der Waals surface area contributed by atoms with Crippen LogP contribution in [0.15, 0.2) is 12.1 Å². The van der Waals surface area contributed by atoms with Gasteiger partial charge >= 0.3 is 5.97 Å².